The summed E-state index contributed by atoms with van der Waals surface area (Å²) in [5.41, 5.74) is 9.02. The smallest absolute Gasteiger partial charge is 0.203 e. The van der Waals surface area contributed by atoms with Gasteiger partial charge in [0.2, 0.25) is 5.75 Å². The van der Waals surface area contributed by atoms with Crippen LogP contribution in [-0.4, -0.2) is 38.2 Å². The Morgan fingerprint density at radius 3 is 2.00 bits per heavy atom. The highest BCUT2D eigenvalue weighted by atomic mass is 16.5. The number of hydrogen-bond donors (Lipinski definition) is 1. The third kappa shape index (κ3) is 3.11. The van der Waals surface area contributed by atoms with Crippen LogP contribution in [0.4, 0.5) is 5.69 Å². The SMILES string of the molecule is COc1ccc(-c2ccn(-c3cc(OC)c(OC)c(OC)c3)n2)cc1N. The van der Waals surface area contributed by atoms with Crippen molar-refractivity contribution in [3.05, 3.63) is 42.6 Å². The molecule has 136 valence electrons. The first-order chi connectivity index (χ1) is 12.6. The second-order valence-electron chi connectivity index (χ2n) is 5.49. The zero-order valence-corrected chi connectivity index (χ0v) is 15.1. The zero-order valence-electron chi connectivity index (χ0n) is 15.1. The molecule has 0 fully saturated rings. The van der Waals surface area contributed by atoms with Crippen LogP contribution in [0.25, 0.3) is 16.9 Å². The van der Waals surface area contributed by atoms with Gasteiger partial charge in [0.05, 0.1) is 45.5 Å². The van der Waals surface area contributed by atoms with Crippen molar-refractivity contribution in [2.45, 2.75) is 0 Å². The van der Waals surface area contributed by atoms with E-state index >= 15 is 0 Å². The van der Waals surface area contributed by atoms with E-state index in [1.807, 2.05) is 42.6 Å². The lowest BCUT2D eigenvalue weighted by molar-refractivity contribution is 0.324. The standard InChI is InChI=1S/C19H21N3O4/c1-23-16-6-5-12(9-14(16)20)15-7-8-22(21-15)13-10-17(24-2)19(26-4)18(11-13)25-3/h5-11H,20H2,1-4H3. The van der Waals surface area contributed by atoms with Crippen LogP contribution >= 0.6 is 0 Å². The number of anilines is 1. The van der Waals surface area contributed by atoms with Crippen molar-refractivity contribution in [3.8, 4) is 39.9 Å². The van der Waals surface area contributed by atoms with Gasteiger partial charge in [0.15, 0.2) is 11.5 Å². The summed E-state index contributed by atoms with van der Waals surface area (Å²) in [6, 6.07) is 11.1. The van der Waals surface area contributed by atoms with Crippen LogP contribution in [0.5, 0.6) is 23.0 Å². The molecule has 0 saturated heterocycles. The maximum atomic E-state index is 5.99. The normalized spacial score (nSPS) is 10.5. The van der Waals surface area contributed by atoms with Gasteiger partial charge in [-0.05, 0) is 24.3 Å². The molecule has 0 saturated carbocycles. The first-order valence-corrected chi connectivity index (χ1v) is 7.91. The Morgan fingerprint density at radius 2 is 1.46 bits per heavy atom. The minimum Gasteiger partial charge on any atom is -0.495 e. The van der Waals surface area contributed by atoms with E-state index < -0.39 is 0 Å². The van der Waals surface area contributed by atoms with Crippen molar-refractivity contribution in [3.63, 3.8) is 0 Å². The first kappa shape index (κ1) is 17.5. The Balaban J connectivity index is 2.01. The van der Waals surface area contributed by atoms with Crippen LogP contribution < -0.4 is 24.7 Å². The van der Waals surface area contributed by atoms with Gasteiger partial charge in [0.25, 0.3) is 0 Å². The average Bonchev–Trinajstić information content (AvgIpc) is 3.16. The molecule has 2 aromatic carbocycles. The lowest BCUT2D eigenvalue weighted by Gasteiger charge is -2.14. The summed E-state index contributed by atoms with van der Waals surface area (Å²) in [6.45, 7) is 0. The summed E-state index contributed by atoms with van der Waals surface area (Å²) < 4.78 is 23.1. The van der Waals surface area contributed by atoms with Crippen molar-refractivity contribution in [1.82, 2.24) is 9.78 Å². The highest BCUT2D eigenvalue weighted by molar-refractivity contribution is 5.68. The molecule has 3 rings (SSSR count). The van der Waals surface area contributed by atoms with Gasteiger partial charge in [-0.25, -0.2) is 4.68 Å². The highest BCUT2D eigenvalue weighted by Gasteiger charge is 2.15. The summed E-state index contributed by atoms with van der Waals surface area (Å²) in [5, 5.41) is 4.62. The number of nitrogens with two attached hydrogens (primary N) is 1. The summed E-state index contributed by atoms with van der Waals surface area (Å²) in [6.07, 6.45) is 1.86. The molecule has 1 aromatic heterocycles. The summed E-state index contributed by atoms with van der Waals surface area (Å²) in [7, 11) is 6.32. The molecule has 26 heavy (non-hydrogen) atoms. The molecule has 0 aliphatic carbocycles. The van der Waals surface area contributed by atoms with E-state index in [9.17, 15) is 0 Å². The number of benzene rings is 2. The van der Waals surface area contributed by atoms with Crippen LogP contribution in [0, 0.1) is 0 Å². The predicted octanol–water partition coefficient (Wildman–Crippen LogP) is 3.16. The van der Waals surface area contributed by atoms with Crippen LogP contribution in [0.1, 0.15) is 0 Å². The van der Waals surface area contributed by atoms with Crippen molar-refractivity contribution in [1.29, 1.82) is 0 Å². The summed E-state index contributed by atoms with van der Waals surface area (Å²) in [5.74, 6) is 2.30. The number of hydrogen-bond acceptors (Lipinski definition) is 6. The second kappa shape index (κ2) is 7.26. The number of nitrogens with zero attached hydrogens (tertiary/aromatic N) is 2. The molecule has 0 aliphatic heterocycles. The van der Waals surface area contributed by atoms with E-state index in [1.165, 1.54) is 0 Å². The average molecular weight is 355 g/mol. The first-order valence-electron chi connectivity index (χ1n) is 7.91. The number of rotatable bonds is 6. The Hall–Kier alpha value is -3.35. The molecule has 7 heteroatoms. The van der Waals surface area contributed by atoms with E-state index in [2.05, 4.69) is 5.10 Å². The van der Waals surface area contributed by atoms with Gasteiger partial charge in [-0.15, -0.1) is 0 Å². The molecular weight excluding hydrogens is 334 g/mol. The van der Waals surface area contributed by atoms with Gasteiger partial charge in [-0.2, -0.15) is 5.10 Å². The van der Waals surface area contributed by atoms with Crippen molar-refractivity contribution in [2.24, 2.45) is 0 Å². The van der Waals surface area contributed by atoms with Crippen LogP contribution in [0.3, 0.4) is 0 Å². The Bertz CT molecular complexity index is 896. The van der Waals surface area contributed by atoms with Crippen LogP contribution in [0.15, 0.2) is 42.6 Å². The molecule has 1 heterocycles. The molecule has 0 atom stereocenters. The monoisotopic (exact) mass is 355 g/mol. The molecule has 7 nitrogen and oxygen atoms in total. The van der Waals surface area contributed by atoms with Crippen LogP contribution in [-0.2, 0) is 0 Å². The van der Waals surface area contributed by atoms with Gasteiger partial charge in [0, 0.05) is 23.9 Å². The fourth-order valence-electron chi connectivity index (χ4n) is 2.71. The number of nitrogen functional groups attached to an aromatic ring is 1. The van der Waals surface area contributed by atoms with E-state index in [-0.39, 0.29) is 0 Å². The number of methoxy groups -OCH3 is 4. The third-order valence-electron chi connectivity index (χ3n) is 4.03. The molecule has 0 amide bonds. The third-order valence-corrected chi connectivity index (χ3v) is 4.03. The van der Waals surface area contributed by atoms with E-state index in [0.29, 0.717) is 28.7 Å². The minimum absolute atomic E-state index is 0.536. The molecule has 0 bridgehead atoms. The second-order valence-corrected chi connectivity index (χ2v) is 5.49. The van der Waals surface area contributed by atoms with Crippen LogP contribution in [0.2, 0.25) is 0 Å². The van der Waals surface area contributed by atoms with Crippen molar-refractivity contribution in [2.75, 3.05) is 34.2 Å². The van der Waals surface area contributed by atoms with Gasteiger partial charge in [-0.3, -0.25) is 0 Å². The van der Waals surface area contributed by atoms with E-state index in [1.54, 1.807) is 33.1 Å². The van der Waals surface area contributed by atoms with Gasteiger partial charge < -0.3 is 24.7 Å². The van der Waals surface area contributed by atoms with Gasteiger partial charge in [-0.1, -0.05) is 0 Å². The summed E-state index contributed by atoms with van der Waals surface area (Å²) >= 11 is 0. The molecule has 0 radical (unpaired) electrons. The molecule has 3 aromatic rings. The van der Waals surface area contributed by atoms with Crippen molar-refractivity contribution >= 4 is 5.69 Å². The fraction of sp³-hybridized carbons (Fsp3) is 0.211. The largest absolute Gasteiger partial charge is 0.495 e. The Kier molecular flexibility index (Phi) is 4.88. The van der Waals surface area contributed by atoms with Gasteiger partial charge >= 0.3 is 0 Å². The van der Waals surface area contributed by atoms with E-state index in [4.69, 9.17) is 24.7 Å². The molecule has 2 N–H and O–H groups in total. The molecule has 0 aliphatic rings. The summed E-state index contributed by atoms with van der Waals surface area (Å²) in [4.78, 5) is 0. The van der Waals surface area contributed by atoms with Gasteiger partial charge in [0.1, 0.15) is 5.75 Å². The fourth-order valence-corrected chi connectivity index (χ4v) is 2.71. The topological polar surface area (TPSA) is 80.8 Å². The van der Waals surface area contributed by atoms with E-state index in [0.717, 1.165) is 16.9 Å². The number of aromatic nitrogens is 2. The lowest BCUT2D eigenvalue weighted by atomic mass is 10.1. The maximum absolute atomic E-state index is 5.99. The minimum atomic E-state index is 0.536. The lowest BCUT2D eigenvalue weighted by Crippen LogP contribution is -2.00. The molecule has 0 spiro atoms. The predicted molar refractivity (Wildman–Crippen MR) is 99.6 cm³/mol. The highest BCUT2D eigenvalue weighted by Crippen LogP contribution is 2.39. The van der Waals surface area contributed by atoms with Crippen molar-refractivity contribution < 1.29 is 18.9 Å². The molecule has 0 unspecified atom stereocenters. The maximum Gasteiger partial charge on any atom is 0.203 e. The Morgan fingerprint density at radius 1 is 0.808 bits per heavy atom. The quantitative estimate of drug-likeness (QED) is 0.684. The molecular formula is C19H21N3O4. The number of ether oxygens (including phenoxy) is 4. The Labute approximate surface area is 151 Å². The zero-order chi connectivity index (χ0) is 18.7.